The highest BCUT2D eigenvalue weighted by atomic mass is 19.1. The van der Waals surface area contributed by atoms with E-state index in [2.05, 4.69) is 10.3 Å². The van der Waals surface area contributed by atoms with Crippen molar-refractivity contribution in [3.05, 3.63) is 65.5 Å². The van der Waals surface area contributed by atoms with Crippen LogP contribution in [-0.2, 0) is 12.8 Å². The molecule has 4 heteroatoms. The predicted molar refractivity (Wildman–Crippen MR) is 75.5 cm³/mol. The van der Waals surface area contributed by atoms with Crippen LogP contribution in [0.15, 0.2) is 42.7 Å². The Kier molecular flexibility index (Phi) is 5.18. The van der Waals surface area contributed by atoms with E-state index in [0.717, 1.165) is 24.6 Å². The molecule has 0 radical (unpaired) electrons. The van der Waals surface area contributed by atoms with Gasteiger partial charge in [-0.25, -0.2) is 8.78 Å². The third kappa shape index (κ3) is 4.10. The maximum Gasteiger partial charge on any atom is 0.126 e. The second-order valence-corrected chi connectivity index (χ2v) is 4.75. The minimum absolute atomic E-state index is 0.0682. The normalized spacial score (nSPS) is 12.3. The molecule has 2 nitrogen and oxygen atoms in total. The number of halogens is 2. The number of rotatable bonds is 6. The van der Waals surface area contributed by atoms with Crippen LogP contribution in [0.2, 0.25) is 0 Å². The first-order valence-corrected chi connectivity index (χ1v) is 6.75. The van der Waals surface area contributed by atoms with Crippen LogP contribution in [0.3, 0.4) is 0 Å². The van der Waals surface area contributed by atoms with Gasteiger partial charge in [-0.2, -0.15) is 0 Å². The maximum absolute atomic E-state index is 13.7. The van der Waals surface area contributed by atoms with E-state index in [4.69, 9.17) is 0 Å². The van der Waals surface area contributed by atoms with Gasteiger partial charge in [-0.05, 0) is 60.8 Å². The zero-order valence-electron chi connectivity index (χ0n) is 11.4. The first kappa shape index (κ1) is 14.6. The smallest absolute Gasteiger partial charge is 0.126 e. The molecular weight excluding hydrogens is 258 g/mol. The number of pyridine rings is 1. The van der Waals surface area contributed by atoms with Crippen LogP contribution in [0.4, 0.5) is 8.78 Å². The average Bonchev–Trinajstić information content (AvgIpc) is 2.44. The molecule has 0 amide bonds. The molecule has 1 N–H and O–H groups in total. The molecule has 0 saturated carbocycles. The van der Waals surface area contributed by atoms with E-state index >= 15 is 0 Å². The lowest BCUT2D eigenvalue weighted by atomic mass is 9.99. The van der Waals surface area contributed by atoms with Gasteiger partial charge in [0.1, 0.15) is 11.6 Å². The van der Waals surface area contributed by atoms with Crippen molar-refractivity contribution >= 4 is 0 Å². The summed E-state index contributed by atoms with van der Waals surface area (Å²) >= 11 is 0. The van der Waals surface area contributed by atoms with E-state index in [1.165, 1.54) is 12.1 Å². The van der Waals surface area contributed by atoms with Crippen LogP contribution in [0.1, 0.15) is 18.1 Å². The molecule has 2 aromatic rings. The molecule has 2 rings (SSSR count). The van der Waals surface area contributed by atoms with Crippen molar-refractivity contribution in [1.82, 2.24) is 10.3 Å². The van der Waals surface area contributed by atoms with E-state index < -0.39 is 5.82 Å². The second-order valence-electron chi connectivity index (χ2n) is 4.75. The fraction of sp³-hybridized carbons (Fsp3) is 0.312. The predicted octanol–water partition coefficient (Wildman–Crippen LogP) is 3.12. The van der Waals surface area contributed by atoms with Crippen molar-refractivity contribution in [2.75, 3.05) is 6.54 Å². The first-order chi connectivity index (χ1) is 9.69. The molecule has 0 saturated heterocycles. The molecule has 0 aliphatic heterocycles. The Hall–Kier alpha value is -1.81. The largest absolute Gasteiger partial charge is 0.314 e. The van der Waals surface area contributed by atoms with Crippen molar-refractivity contribution in [3.63, 3.8) is 0 Å². The van der Waals surface area contributed by atoms with Gasteiger partial charge >= 0.3 is 0 Å². The summed E-state index contributed by atoms with van der Waals surface area (Å²) in [6.07, 6.45) is 4.69. The summed E-state index contributed by atoms with van der Waals surface area (Å²) in [6, 6.07) is 7.54. The highest BCUT2D eigenvalue weighted by Crippen LogP contribution is 2.14. The lowest BCUT2D eigenvalue weighted by molar-refractivity contribution is 0.502. The van der Waals surface area contributed by atoms with Crippen LogP contribution in [0.25, 0.3) is 0 Å². The molecule has 1 aromatic heterocycles. The second kappa shape index (κ2) is 7.10. The van der Waals surface area contributed by atoms with Gasteiger partial charge in [0.2, 0.25) is 0 Å². The molecule has 20 heavy (non-hydrogen) atoms. The Balaban J connectivity index is 2.11. The van der Waals surface area contributed by atoms with Crippen LogP contribution < -0.4 is 5.32 Å². The maximum atomic E-state index is 13.7. The zero-order chi connectivity index (χ0) is 14.4. The summed E-state index contributed by atoms with van der Waals surface area (Å²) in [7, 11) is 0. The van der Waals surface area contributed by atoms with Gasteiger partial charge in [0.25, 0.3) is 0 Å². The van der Waals surface area contributed by atoms with Gasteiger partial charge in [0, 0.05) is 18.4 Å². The van der Waals surface area contributed by atoms with Crippen LogP contribution >= 0.6 is 0 Å². The number of hydrogen-bond acceptors (Lipinski definition) is 2. The molecule has 0 fully saturated rings. The van der Waals surface area contributed by atoms with Gasteiger partial charge in [-0.15, -0.1) is 0 Å². The number of benzene rings is 1. The van der Waals surface area contributed by atoms with Crippen LogP contribution in [0.5, 0.6) is 0 Å². The summed E-state index contributed by atoms with van der Waals surface area (Å²) in [5.41, 5.74) is 1.53. The van der Waals surface area contributed by atoms with E-state index in [1.807, 2.05) is 19.1 Å². The highest BCUT2D eigenvalue weighted by molar-refractivity contribution is 5.21. The third-order valence-electron chi connectivity index (χ3n) is 3.20. The lowest BCUT2D eigenvalue weighted by Gasteiger charge is -2.18. The molecule has 1 aromatic carbocycles. The number of aromatic nitrogens is 1. The van der Waals surface area contributed by atoms with Crippen LogP contribution in [-0.4, -0.2) is 17.6 Å². The standard InChI is InChI=1S/C16H18F2N2/c1-2-20-15(9-12-5-7-19-8-6-12)11-13-10-14(17)3-4-16(13)18/h3-8,10,15,20H,2,9,11H2,1H3. The molecule has 0 bridgehead atoms. The summed E-state index contributed by atoms with van der Waals surface area (Å²) < 4.78 is 26.9. The van der Waals surface area contributed by atoms with Gasteiger partial charge < -0.3 is 5.32 Å². The van der Waals surface area contributed by atoms with Crippen molar-refractivity contribution in [2.45, 2.75) is 25.8 Å². The summed E-state index contributed by atoms with van der Waals surface area (Å²) in [4.78, 5) is 3.98. The summed E-state index contributed by atoms with van der Waals surface area (Å²) in [5, 5.41) is 3.32. The van der Waals surface area contributed by atoms with E-state index in [-0.39, 0.29) is 11.9 Å². The molecule has 0 spiro atoms. The van der Waals surface area contributed by atoms with Crippen molar-refractivity contribution in [3.8, 4) is 0 Å². The average molecular weight is 276 g/mol. The zero-order valence-corrected chi connectivity index (χ0v) is 11.4. The molecule has 0 aliphatic carbocycles. The first-order valence-electron chi connectivity index (χ1n) is 6.75. The topological polar surface area (TPSA) is 24.9 Å². The minimum Gasteiger partial charge on any atom is -0.314 e. The van der Waals surface area contributed by atoms with Crippen molar-refractivity contribution in [1.29, 1.82) is 0 Å². The molecule has 1 heterocycles. The molecule has 106 valence electrons. The Bertz CT molecular complexity index is 543. The van der Waals surface area contributed by atoms with E-state index in [0.29, 0.717) is 12.0 Å². The highest BCUT2D eigenvalue weighted by Gasteiger charge is 2.13. The number of hydrogen-bond donors (Lipinski definition) is 1. The van der Waals surface area contributed by atoms with Crippen molar-refractivity contribution in [2.24, 2.45) is 0 Å². The number of likely N-dealkylation sites (N-methyl/N-ethyl adjacent to an activating group) is 1. The summed E-state index contributed by atoms with van der Waals surface area (Å²) in [6.45, 7) is 2.79. The van der Waals surface area contributed by atoms with E-state index in [1.54, 1.807) is 12.4 Å². The number of nitrogens with one attached hydrogen (secondary N) is 1. The Labute approximate surface area is 117 Å². The Morgan fingerprint density at radius 1 is 1.10 bits per heavy atom. The Morgan fingerprint density at radius 2 is 1.85 bits per heavy atom. The molecule has 1 atom stereocenters. The fourth-order valence-corrected chi connectivity index (χ4v) is 2.27. The summed E-state index contributed by atoms with van der Waals surface area (Å²) in [5.74, 6) is -0.760. The third-order valence-corrected chi connectivity index (χ3v) is 3.20. The van der Waals surface area contributed by atoms with Crippen LogP contribution in [0, 0.1) is 11.6 Å². The van der Waals surface area contributed by atoms with Gasteiger partial charge in [-0.3, -0.25) is 4.98 Å². The van der Waals surface area contributed by atoms with Gasteiger partial charge in [-0.1, -0.05) is 6.92 Å². The molecular formula is C16H18F2N2. The monoisotopic (exact) mass is 276 g/mol. The van der Waals surface area contributed by atoms with E-state index in [9.17, 15) is 8.78 Å². The number of nitrogens with zero attached hydrogens (tertiary/aromatic N) is 1. The quantitative estimate of drug-likeness (QED) is 0.877. The lowest BCUT2D eigenvalue weighted by Crippen LogP contribution is -2.33. The fourth-order valence-electron chi connectivity index (χ4n) is 2.27. The van der Waals surface area contributed by atoms with Gasteiger partial charge in [0.05, 0.1) is 0 Å². The molecule has 1 unspecified atom stereocenters. The van der Waals surface area contributed by atoms with Crippen molar-refractivity contribution < 1.29 is 8.78 Å². The minimum atomic E-state index is -0.402. The SMILES string of the molecule is CCNC(Cc1ccncc1)Cc1cc(F)ccc1F. The Morgan fingerprint density at radius 3 is 2.55 bits per heavy atom. The van der Waals surface area contributed by atoms with Gasteiger partial charge in [0.15, 0.2) is 0 Å². The molecule has 0 aliphatic rings.